The Morgan fingerprint density at radius 1 is 1.09 bits per heavy atom. The van der Waals surface area contributed by atoms with E-state index in [9.17, 15) is 4.79 Å². The normalized spacial score (nSPS) is 14.4. The summed E-state index contributed by atoms with van der Waals surface area (Å²) in [4.78, 5) is 32.5. The van der Waals surface area contributed by atoms with Crippen LogP contribution in [0.15, 0.2) is 59.5 Å². The number of aromatic amines is 1. The molecule has 1 aliphatic heterocycles. The van der Waals surface area contributed by atoms with Crippen LogP contribution in [-0.4, -0.2) is 62.2 Å². The zero-order valence-corrected chi connectivity index (χ0v) is 20.0. The molecule has 1 aliphatic rings. The maximum Gasteiger partial charge on any atom is 0.404 e. The lowest BCUT2D eigenvalue weighted by Gasteiger charge is -2.36. The van der Waals surface area contributed by atoms with Crippen LogP contribution in [-0.2, 0) is 13.1 Å². The number of rotatable bonds is 6. The molecule has 0 aliphatic carbocycles. The number of aromatic nitrogens is 4. The standard InChI is InChI=1S/C24H24BrN7O2/c25-19-14-27-23-20(29-22(30-23)18-5-3-16(4-6-18)13-28-24(33)34)21(19)32-10-8-31(9-11-32)15-17-2-1-7-26-12-17/h1-7,12,14,28H,8-11,13,15H2,(H,33,34)(H,27,29,30). The fourth-order valence-electron chi connectivity index (χ4n) is 4.19. The lowest BCUT2D eigenvalue weighted by Crippen LogP contribution is -2.46. The summed E-state index contributed by atoms with van der Waals surface area (Å²) in [7, 11) is 0. The quantitative estimate of drug-likeness (QED) is 0.353. The fraction of sp³-hybridized carbons (Fsp3) is 0.250. The average molecular weight is 522 g/mol. The average Bonchev–Trinajstić information content (AvgIpc) is 3.29. The number of anilines is 1. The Hall–Kier alpha value is -3.50. The molecule has 0 unspecified atom stereocenters. The molecule has 9 nitrogen and oxygen atoms in total. The van der Waals surface area contributed by atoms with Crippen LogP contribution in [0.5, 0.6) is 0 Å². The van der Waals surface area contributed by atoms with Crippen molar-refractivity contribution in [2.24, 2.45) is 0 Å². The van der Waals surface area contributed by atoms with Gasteiger partial charge in [-0.25, -0.2) is 14.8 Å². The molecule has 34 heavy (non-hydrogen) atoms. The van der Waals surface area contributed by atoms with Crippen molar-refractivity contribution in [2.45, 2.75) is 13.1 Å². The zero-order chi connectivity index (χ0) is 23.5. The van der Waals surface area contributed by atoms with E-state index in [1.54, 1.807) is 6.20 Å². The van der Waals surface area contributed by atoms with Gasteiger partial charge in [-0.3, -0.25) is 9.88 Å². The fourth-order valence-corrected chi connectivity index (χ4v) is 4.73. The van der Waals surface area contributed by atoms with Gasteiger partial charge >= 0.3 is 6.09 Å². The van der Waals surface area contributed by atoms with E-state index in [0.29, 0.717) is 0 Å². The van der Waals surface area contributed by atoms with Crippen molar-refractivity contribution in [2.75, 3.05) is 31.1 Å². The molecule has 0 radical (unpaired) electrons. The molecule has 0 saturated carbocycles. The number of halogens is 1. The number of benzene rings is 1. The molecule has 10 heteroatoms. The number of H-pyrrole nitrogens is 1. The highest BCUT2D eigenvalue weighted by molar-refractivity contribution is 9.10. The van der Waals surface area contributed by atoms with Gasteiger partial charge in [0.25, 0.3) is 0 Å². The van der Waals surface area contributed by atoms with Crippen LogP contribution < -0.4 is 10.2 Å². The first-order valence-corrected chi connectivity index (χ1v) is 11.8. The number of imidazole rings is 1. The summed E-state index contributed by atoms with van der Waals surface area (Å²) in [5.41, 5.74) is 5.65. The van der Waals surface area contributed by atoms with Crippen molar-refractivity contribution < 1.29 is 9.90 Å². The van der Waals surface area contributed by atoms with Gasteiger partial charge < -0.3 is 20.3 Å². The Bertz CT molecular complexity index is 1290. The van der Waals surface area contributed by atoms with Gasteiger partial charge in [0.1, 0.15) is 11.3 Å². The summed E-state index contributed by atoms with van der Waals surface area (Å²) in [6.07, 6.45) is 4.51. The number of piperazine rings is 1. The third-order valence-corrected chi connectivity index (χ3v) is 6.51. The molecule has 0 atom stereocenters. The molecule has 3 N–H and O–H groups in total. The van der Waals surface area contributed by atoms with Crippen molar-refractivity contribution in [1.29, 1.82) is 0 Å². The Kier molecular flexibility index (Phi) is 6.41. The number of hydrogen-bond donors (Lipinski definition) is 3. The molecule has 5 rings (SSSR count). The number of carbonyl (C=O) groups is 1. The monoisotopic (exact) mass is 521 g/mol. The van der Waals surface area contributed by atoms with Crippen LogP contribution in [0.2, 0.25) is 0 Å². The van der Waals surface area contributed by atoms with E-state index in [2.05, 4.69) is 52.1 Å². The molecule has 1 amide bonds. The van der Waals surface area contributed by atoms with Crippen LogP contribution in [0.25, 0.3) is 22.6 Å². The van der Waals surface area contributed by atoms with Crippen molar-refractivity contribution >= 4 is 38.9 Å². The topological polar surface area (TPSA) is 110 Å². The van der Waals surface area contributed by atoms with Crippen LogP contribution in [0.4, 0.5) is 10.5 Å². The Labute approximate surface area is 205 Å². The van der Waals surface area contributed by atoms with Gasteiger partial charge in [-0.1, -0.05) is 30.3 Å². The van der Waals surface area contributed by atoms with E-state index in [0.717, 1.165) is 71.0 Å². The van der Waals surface area contributed by atoms with E-state index < -0.39 is 6.09 Å². The highest BCUT2D eigenvalue weighted by Crippen LogP contribution is 2.34. The second kappa shape index (κ2) is 9.78. The molecule has 1 aromatic carbocycles. The number of hydrogen-bond acceptors (Lipinski definition) is 6. The van der Waals surface area contributed by atoms with E-state index in [-0.39, 0.29) is 6.54 Å². The number of nitrogens with one attached hydrogen (secondary N) is 2. The molecule has 0 bridgehead atoms. The van der Waals surface area contributed by atoms with Gasteiger partial charge in [0.15, 0.2) is 5.65 Å². The Morgan fingerprint density at radius 2 is 1.88 bits per heavy atom. The van der Waals surface area contributed by atoms with Crippen LogP contribution in [0.1, 0.15) is 11.1 Å². The largest absolute Gasteiger partial charge is 0.465 e. The van der Waals surface area contributed by atoms with Crippen LogP contribution >= 0.6 is 15.9 Å². The van der Waals surface area contributed by atoms with Gasteiger partial charge in [0.05, 0.1) is 10.2 Å². The first-order chi connectivity index (χ1) is 16.6. The lowest BCUT2D eigenvalue weighted by atomic mass is 10.1. The van der Waals surface area contributed by atoms with E-state index >= 15 is 0 Å². The van der Waals surface area contributed by atoms with Gasteiger partial charge in [-0.2, -0.15) is 0 Å². The molecule has 4 aromatic rings. The Morgan fingerprint density at radius 3 is 2.59 bits per heavy atom. The lowest BCUT2D eigenvalue weighted by molar-refractivity contribution is 0.194. The van der Waals surface area contributed by atoms with Crippen molar-refractivity contribution in [1.82, 2.24) is 30.2 Å². The Balaban J connectivity index is 1.34. The SMILES string of the molecule is O=C(O)NCc1ccc(-c2nc3c(N4CCN(Cc5cccnc5)CC4)c(Br)cnc3[nH]2)cc1. The minimum absolute atomic E-state index is 0.265. The van der Waals surface area contributed by atoms with Gasteiger partial charge in [-0.05, 0) is 33.1 Å². The van der Waals surface area contributed by atoms with Crippen molar-refractivity contribution in [3.05, 3.63) is 70.6 Å². The minimum atomic E-state index is -1.04. The van der Waals surface area contributed by atoms with E-state index in [4.69, 9.17) is 10.1 Å². The summed E-state index contributed by atoms with van der Waals surface area (Å²) in [5.74, 6) is 0.731. The second-order valence-electron chi connectivity index (χ2n) is 8.22. The van der Waals surface area contributed by atoms with E-state index in [1.807, 2.05) is 42.7 Å². The predicted molar refractivity (Wildman–Crippen MR) is 134 cm³/mol. The maximum atomic E-state index is 10.7. The highest BCUT2D eigenvalue weighted by Gasteiger charge is 2.23. The van der Waals surface area contributed by atoms with Crippen molar-refractivity contribution in [3.63, 3.8) is 0 Å². The minimum Gasteiger partial charge on any atom is -0.465 e. The zero-order valence-electron chi connectivity index (χ0n) is 18.4. The van der Waals surface area contributed by atoms with Crippen LogP contribution in [0.3, 0.4) is 0 Å². The van der Waals surface area contributed by atoms with Gasteiger partial charge in [-0.15, -0.1) is 0 Å². The first kappa shape index (κ1) is 22.3. The molecule has 0 spiro atoms. The van der Waals surface area contributed by atoms with Gasteiger partial charge in [0, 0.05) is 63.4 Å². The number of pyridine rings is 2. The molecular formula is C24H24BrN7O2. The molecule has 3 aromatic heterocycles. The summed E-state index contributed by atoms with van der Waals surface area (Å²) in [5, 5.41) is 11.2. The molecule has 4 heterocycles. The van der Waals surface area contributed by atoms with Crippen molar-refractivity contribution in [3.8, 4) is 11.4 Å². The number of carboxylic acid groups (broad SMARTS) is 1. The molecule has 174 valence electrons. The van der Waals surface area contributed by atoms with Gasteiger partial charge in [0.2, 0.25) is 0 Å². The predicted octanol–water partition coefficient (Wildman–Crippen LogP) is 3.87. The maximum absolute atomic E-state index is 10.7. The molecule has 1 fully saturated rings. The third-order valence-electron chi connectivity index (χ3n) is 5.93. The number of amides is 1. The van der Waals surface area contributed by atoms with Crippen LogP contribution in [0, 0.1) is 0 Å². The molecular weight excluding hydrogens is 498 g/mol. The van der Waals surface area contributed by atoms with E-state index in [1.165, 1.54) is 5.56 Å². The highest BCUT2D eigenvalue weighted by atomic mass is 79.9. The second-order valence-corrected chi connectivity index (χ2v) is 9.07. The molecule has 1 saturated heterocycles. The summed E-state index contributed by atoms with van der Waals surface area (Å²) in [6.45, 7) is 4.86. The summed E-state index contributed by atoms with van der Waals surface area (Å²) >= 11 is 3.69. The smallest absolute Gasteiger partial charge is 0.404 e. The third kappa shape index (κ3) is 4.87. The number of fused-ring (bicyclic) bond motifs is 1. The first-order valence-electron chi connectivity index (χ1n) is 11.0. The summed E-state index contributed by atoms with van der Waals surface area (Å²) in [6, 6.07) is 11.7. The number of nitrogens with zero attached hydrogens (tertiary/aromatic N) is 5. The summed E-state index contributed by atoms with van der Waals surface area (Å²) < 4.78 is 0.925.